The van der Waals surface area contributed by atoms with E-state index in [1.54, 1.807) is 18.7 Å². The summed E-state index contributed by atoms with van der Waals surface area (Å²) in [5.74, 6) is 0.742. The molecule has 0 amide bonds. The molecular formula is C10H15F3N2S. The number of aliphatic imine (C=N–C) groups is 1. The minimum atomic E-state index is -4.11. The zero-order valence-corrected chi connectivity index (χ0v) is 9.87. The largest absolute Gasteiger partial charge is 0.391 e. The average molecular weight is 252 g/mol. The van der Waals surface area contributed by atoms with Crippen molar-refractivity contribution in [2.75, 3.05) is 6.54 Å². The first-order valence-electron chi connectivity index (χ1n) is 5.48. The van der Waals surface area contributed by atoms with E-state index in [-0.39, 0.29) is 0 Å². The van der Waals surface area contributed by atoms with Gasteiger partial charge in [-0.1, -0.05) is 11.8 Å². The van der Waals surface area contributed by atoms with E-state index >= 15 is 0 Å². The quantitative estimate of drug-likeness (QED) is 0.835. The lowest BCUT2D eigenvalue weighted by atomic mass is 10.2. The zero-order chi connectivity index (χ0) is 11.8. The summed E-state index contributed by atoms with van der Waals surface area (Å²) in [5.41, 5.74) is 0. The molecule has 2 unspecified atom stereocenters. The molecule has 2 nitrogen and oxygen atoms in total. The van der Waals surface area contributed by atoms with Crippen molar-refractivity contribution >= 4 is 16.9 Å². The number of nitrogens with zero attached hydrogens (tertiary/aromatic N) is 1. The van der Waals surface area contributed by atoms with Gasteiger partial charge in [0, 0.05) is 11.3 Å². The smallest absolute Gasteiger partial charge is 0.362 e. The number of rotatable bonds is 3. The third-order valence-electron chi connectivity index (χ3n) is 2.73. The van der Waals surface area contributed by atoms with E-state index in [1.165, 1.54) is 12.8 Å². The molecule has 1 aliphatic carbocycles. The molecule has 0 spiro atoms. The molecular weight excluding hydrogens is 237 g/mol. The fourth-order valence-electron chi connectivity index (χ4n) is 1.79. The van der Waals surface area contributed by atoms with Gasteiger partial charge < -0.3 is 5.32 Å². The maximum absolute atomic E-state index is 12.1. The summed E-state index contributed by atoms with van der Waals surface area (Å²) < 4.78 is 36.3. The Kier molecular flexibility index (Phi) is 3.37. The van der Waals surface area contributed by atoms with Crippen LogP contribution in [0.25, 0.3) is 0 Å². The molecule has 1 N–H and O–H groups in total. The van der Waals surface area contributed by atoms with Gasteiger partial charge in [-0.15, -0.1) is 0 Å². The lowest BCUT2D eigenvalue weighted by Gasteiger charge is -2.16. The molecule has 16 heavy (non-hydrogen) atoms. The van der Waals surface area contributed by atoms with Gasteiger partial charge >= 0.3 is 6.18 Å². The van der Waals surface area contributed by atoms with Crippen molar-refractivity contribution in [1.29, 1.82) is 0 Å². The molecule has 0 aromatic carbocycles. The Morgan fingerprint density at radius 1 is 1.50 bits per heavy atom. The highest BCUT2D eigenvalue weighted by atomic mass is 32.2. The minimum Gasteiger partial charge on any atom is -0.362 e. The van der Waals surface area contributed by atoms with Crippen LogP contribution < -0.4 is 5.32 Å². The summed E-state index contributed by atoms with van der Waals surface area (Å²) in [6.07, 6.45) is -2.41. The van der Waals surface area contributed by atoms with Crippen molar-refractivity contribution in [3.05, 3.63) is 0 Å². The Labute approximate surface area is 97.1 Å². The van der Waals surface area contributed by atoms with Gasteiger partial charge in [-0.05, 0) is 25.7 Å². The summed E-state index contributed by atoms with van der Waals surface area (Å²) in [5, 5.41) is 4.03. The summed E-state index contributed by atoms with van der Waals surface area (Å²) >= 11 is 1.61. The van der Waals surface area contributed by atoms with Gasteiger partial charge in [-0.2, -0.15) is 13.2 Å². The molecule has 1 aliphatic heterocycles. The molecule has 92 valence electrons. The molecule has 0 aromatic heterocycles. The Morgan fingerprint density at radius 3 is 2.75 bits per heavy atom. The predicted molar refractivity (Wildman–Crippen MR) is 59.7 cm³/mol. The molecule has 2 atom stereocenters. The van der Waals surface area contributed by atoms with Gasteiger partial charge in [0.2, 0.25) is 0 Å². The highest BCUT2D eigenvalue weighted by molar-refractivity contribution is 8.14. The summed E-state index contributed by atoms with van der Waals surface area (Å²) in [6, 6.07) is -0.593. The van der Waals surface area contributed by atoms with Crippen molar-refractivity contribution in [2.45, 2.75) is 43.7 Å². The van der Waals surface area contributed by atoms with Crippen LogP contribution in [0.15, 0.2) is 4.99 Å². The minimum absolute atomic E-state index is 0.501. The van der Waals surface area contributed by atoms with Gasteiger partial charge in [0.25, 0.3) is 0 Å². The maximum atomic E-state index is 12.1. The van der Waals surface area contributed by atoms with E-state index in [4.69, 9.17) is 0 Å². The van der Waals surface area contributed by atoms with E-state index in [0.717, 1.165) is 12.5 Å². The SMILES string of the molecule is CC(CC(F)(F)F)NC1=NCC(C2CC2)S1. The van der Waals surface area contributed by atoms with Crippen molar-refractivity contribution in [3.8, 4) is 0 Å². The Bertz CT molecular complexity index is 286. The standard InChI is InChI=1S/C10H15F3N2S/c1-6(4-10(11,12)13)15-9-14-5-8(16-9)7-2-3-7/h6-8H,2-5H2,1H3,(H,14,15). The van der Waals surface area contributed by atoms with Gasteiger partial charge in [-0.3, -0.25) is 4.99 Å². The zero-order valence-electron chi connectivity index (χ0n) is 9.05. The topological polar surface area (TPSA) is 24.4 Å². The van der Waals surface area contributed by atoms with Gasteiger partial charge in [0.1, 0.15) is 0 Å². The number of thioether (sulfide) groups is 1. The van der Waals surface area contributed by atoms with Gasteiger partial charge in [0.15, 0.2) is 5.17 Å². The summed E-state index contributed by atoms with van der Waals surface area (Å²) in [7, 11) is 0. The molecule has 1 fully saturated rings. The second-order valence-electron chi connectivity index (χ2n) is 4.50. The fourth-order valence-corrected chi connectivity index (χ4v) is 3.11. The van der Waals surface area contributed by atoms with E-state index in [9.17, 15) is 13.2 Å². The summed E-state index contributed by atoms with van der Waals surface area (Å²) in [6.45, 7) is 2.30. The third-order valence-corrected chi connectivity index (χ3v) is 4.04. The normalized spacial score (nSPS) is 27.8. The Balaban J connectivity index is 1.73. The predicted octanol–water partition coefficient (Wildman–Crippen LogP) is 2.80. The van der Waals surface area contributed by atoms with Crippen LogP contribution in [0.1, 0.15) is 26.2 Å². The average Bonchev–Trinajstić information content (AvgIpc) is 2.85. The lowest BCUT2D eigenvalue weighted by Crippen LogP contribution is -2.34. The first-order chi connectivity index (χ1) is 7.44. The molecule has 0 aromatic rings. The van der Waals surface area contributed by atoms with Crippen LogP contribution in [0.2, 0.25) is 0 Å². The van der Waals surface area contributed by atoms with E-state index in [2.05, 4.69) is 10.3 Å². The summed E-state index contributed by atoms with van der Waals surface area (Å²) in [4.78, 5) is 4.25. The van der Waals surface area contributed by atoms with Crippen molar-refractivity contribution in [1.82, 2.24) is 5.32 Å². The number of amidine groups is 1. The number of nitrogens with one attached hydrogen (secondary N) is 1. The van der Waals surface area contributed by atoms with Crippen LogP contribution in [0.4, 0.5) is 13.2 Å². The van der Waals surface area contributed by atoms with Crippen LogP contribution in [0.5, 0.6) is 0 Å². The van der Waals surface area contributed by atoms with Crippen molar-refractivity contribution < 1.29 is 13.2 Å². The lowest BCUT2D eigenvalue weighted by molar-refractivity contribution is -0.138. The van der Waals surface area contributed by atoms with Crippen LogP contribution in [0, 0.1) is 5.92 Å². The van der Waals surface area contributed by atoms with E-state index in [0.29, 0.717) is 10.4 Å². The van der Waals surface area contributed by atoms with Crippen LogP contribution in [-0.2, 0) is 0 Å². The molecule has 2 rings (SSSR count). The Morgan fingerprint density at radius 2 is 2.19 bits per heavy atom. The molecule has 2 aliphatic rings. The molecule has 6 heteroatoms. The number of halogens is 3. The highest BCUT2D eigenvalue weighted by Crippen LogP contribution is 2.41. The molecule has 1 saturated carbocycles. The van der Waals surface area contributed by atoms with Crippen LogP contribution >= 0.6 is 11.8 Å². The highest BCUT2D eigenvalue weighted by Gasteiger charge is 2.36. The van der Waals surface area contributed by atoms with Gasteiger partial charge in [0.05, 0.1) is 13.0 Å². The van der Waals surface area contributed by atoms with Crippen LogP contribution in [-0.4, -0.2) is 29.2 Å². The molecule has 0 saturated heterocycles. The van der Waals surface area contributed by atoms with Crippen molar-refractivity contribution in [3.63, 3.8) is 0 Å². The second kappa shape index (κ2) is 4.47. The fraction of sp³-hybridized carbons (Fsp3) is 0.900. The van der Waals surface area contributed by atoms with Crippen LogP contribution in [0.3, 0.4) is 0 Å². The molecule has 0 radical (unpaired) electrons. The van der Waals surface area contributed by atoms with Gasteiger partial charge in [-0.25, -0.2) is 0 Å². The monoisotopic (exact) mass is 252 g/mol. The Hall–Kier alpha value is -0.390. The number of hydrogen-bond acceptors (Lipinski definition) is 3. The van der Waals surface area contributed by atoms with E-state index < -0.39 is 18.6 Å². The molecule has 1 heterocycles. The van der Waals surface area contributed by atoms with Crippen molar-refractivity contribution in [2.24, 2.45) is 10.9 Å². The first kappa shape index (κ1) is 12.1. The second-order valence-corrected chi connectivity index (χ2v) is 5.73. The van der Waals surface area contributed by atoms with E-state index in [1.807, 2.05) is 0 Å². The number of hydrogen-bond donors (Lipinski definition) is 1. The maximum Gasteiger partial charge on any atom is 0.391 e. The third kappa shape index (κ3) is 3.57. The number of alkyl halides is 3. The first-order valence-corrected chi connectivity index (χ1v) is 6.36. The molecule has 0 bridgehead atoms.